The first-order valence-corrected chi connectivity index (χ1v) is 9.14. The lowest BCUT2D eigenvalue weighted by Gasteiger charge is -2.36. The molecule has 0 aromatic carbocycles. The van der Waals surface area contributed by atoms with Crippen LogP contribution in [0.1, 0.15) is 30.6 Å². The Morgan fingerprint density at radius 3 is 2.50 bits per heavy atom. The van der Waals surface area contributed by atoms with Gasteiger partial charge in [-0.1, -0.05) is 0 Å². The lowest BCUT2D eigenvalue weighted by Crippen LogP contribution is -2.51. The Balaban J connectivity index is 1.48. The summed E-state index contributed by atoms with van der Waals surface area (Å²) in [6, 6.07) is 3.94. The number of nitrogens with zero attached hydrogens (tertiary/aromatic N) is 4. The molecule has 2 amide bonds. The van der Waals surface area contributed by atoms with Crippen molar-refractivity contribution < 1.29 is 14.3 Å². The summed E-state index contributed by atoms with van der Waals surface area (Å²) in [6.45, 7) is 8.92. The SMILES string of the molecule is CC(C)N1CCN(C(=O)O[C@H]2CCN(c3ccc(C(N)=O)cn3)C2)CC1. The first-order valence-electron chi connectivity index (χ1n) is 9.14. The van der Waals surface area contributed by atoms with Gasteiger partial charge in [-0.15, -0.1) is 0 Å². The molecule has 0 unspecified atom stereocenters. The smallest absolute Gasteiger partial charge is 0.410 e. The summed E-state index contributed by atoms with van der Waals surface area (Å²) < 4.78 is 5.69. The van der Waals surface area contributed by atoms with Gasteiger partial charge >= 0.3 is 6.09 Å². The van der Waals surface area contributed by atoms with Crippen LogP contribution in [-0.4, -0.2) is 78.2 Å². The van der Waals surface area contributed by atoms with Crippen molar-refractivity contribution in [3.05, 3.63) is 23.9 Å². The van der Waals surface area contributed by atoms with E-state index in [-0.39, 0.29) is 12.2 Å². The Kier molecular flexibility index (Phi) is 5.61. The molecule has 2 aliphatic heterocycles. The number of hydrogen-bond acceptors (Lipinski definition) is 6. The molecule has 0 saturated carbocycles. The maximum Gasteiger partial charge on any atom is 0.410 e. The number of hydrogen-bond donors (Lipinski definition) is 1. The van der Waals surface area contributed by atoms with Gasteiger partial charge in [0, 0.05) is 51.4 Å². The molecule has 0 spiro atoms. The van der Waals surface area contributed by atoms with Gasteiger partial charge in [-0.3, -0.25) is 9.69 Å². The third-order valence-electron chi connectivity index (χ3n) is 5.07. The lowest BCUT2D eigenvalue weighted by molar-refractivity contribution is 0.0474. The number of aromatic nitrogens is 1. The molecule has 8 heteroatoms. The van der Waals surface area contributed by atoms with E-state index >= 15 is 0 Å². The molecule has 0 aliphatic carbocycles. The highest BCUT2D eigenvalue weighted by Crippen LogP contribution is 2.21. The molecule has 26 heavy (non-hydrogen) atoms. The second-order valence-corrected chi connectivity index (χ2v) is 7.13. The molecule has 0 radical (unpaired) electrons. The van der Waals surface area contributed by atoms with Crippen molar-refractivity contribution in [2.24, 2.45) is 5.73 Å². The van der Waals surface area contributed by atoms with Gasteiger partial charge in [0.1, 0.15) is 11.9 Å². The van der Waals surface area contributed by atoms with E-state index in [1.54, 1.807) is 17.0 Å². The monoisotopic (exact) mass is 361 g/mol. The molecule has 142 valence electrons. The molecule has 2 fully saturated rings. The van der Waals surface area contributed by atoms with Crippen LogP contribution in [0.5, 0.6) is 0 Å². The third-order valence-corrected chi connectivity index (χ3v) is 5.07. The van der Waals surface area contributed by atoms with Crippen LogP contribution in [0.25, 0.3) is 0 Å². The number of anilines is 1. The van der Waals surface area contributed by atoms with E-state index in [1.165, 1.54) is 6.20 Å². The molecule has 2 saturated heterocycles. The third kappa shape index (κ3) is 4.24. The second-order valence-electron chi connectivity index (χ2n) is 7.13. The van der Waals surface area contributed by atoms with Crippen LogP contribution in [0, 0.1) is 0 Å². The summed E-state index contributed by atoms with van der Waals surface area (Å²) in [5, 5.41) is 0. The fourth-order valence-corrected chi connectivity index (χ4v) is 3.39. The van der Waals surface area contributed by atoms with E-state index in [0.29, 0.717) is 31.2 Å². The molecule has 0 bridgehead atoms. The van der Waals surface area contributed by atoms with E-state index in [4.69, 9.17) is 10.5 Å². The van der Waals surface area contributed by atoms with Crippen molar-refractivity contribution in [2.45, 2.75) is 32.4 Å². The van der Waals surface area contributed by atoms with Gasteiger partial charge in [0.15, 0.2) is 0 Å². The maximum absolute atomic E-state index is 12.4. The number of piperazine rings is 1. The quantitative estimate of drug-likeness (QED) is 0.857. The zero-order chi connectivity index (χ0) is 18.7. The number of rotatable bonds is 4. The number of carbonyl (C=O) groups is 2. The van der Waals surface area contributed by atoms with Crippen molar-refractivity contribution in [3.8, 4) is 0 Å². The molecular weight excluding hydrogens is 334 g/mol. The number of primary amides is 1. The number of amides is 2. The van der Waals surface area contributed by atoms with Gasteiger partial charge in [0.25, 0.3) is 0 Å². The average molecular weight is 361 g/mol. The minimum absolute atomic E-state index is 0.136. The first-order chi connectivity index (χ1) is 12.4. The Morgan fingerprint density at radius 1 is 1.19 bits per heavy atom. The summed E-state index contributed by atoms with van der Waals surface area (Å²) in [5.74, 6) is 0.272. The zero-order valence-corrected chi connectivity index (χ0v) is 15.4. The molecule has 3 heterocycles. The Labute approximate surface area is 153 Å². The predicted molar refractivity (Wildman–Crippen MR) is 98.1 cm³/mol. The summed E-state index contributed by atoms with van der Waals surface area (Å²) in [6.07, 6.45) is 1.89. The van der Waals surface area contributed by atoms with Crippen LogP contribution in [0.4, 0.5) is 10.6 Å². The van der Waals surface area contributed by atoms with Gasteiger partial charge in [0.2, 0.25) is 5.91 Å². The van der Waals surface area contributed by atoms with Gasteiger partial charge in [-0.25, -0.2) is 9.78 Å². The second kappa shape index (κ2) is 7.90. The highest BCUT2D eigenvalue weighted by atomic mass is 16.6. The van der Waals surface area contributed by atoms with E-state index in [1.807, 2.05) is 0 Å². The number of pyridine rings is 1. The van der Waals surface area contributed by atoms with Crippen LogP contribution in [0.15, 0.2) is 18.3 Å². The lowest BCUT2D eigenvalue weighted by atomic mass is 10.2. The molecule has 1 aromatic heterocycles. The normalized spacial score (nSPS) is 21.3. The number of carbonyl (C=O) groups excluding carboxylic acids is 2. The molecule has 3 rings (SSSR count). The van der Waals surface area contributed by atoms with Crippen molar-refractivity contribution in [3.63, 3.8) is 0 Å². The minimum Gasteiger partial charge on any atom is -0.444 e. The van der Waals surface area contributed by atoms with Crippen molar-refractivity contribution in [2.75, 3.05) is 44.2 Å². The van der Waals surface area contributed by atoms with Crippen molar-refractivity contribution in [1.29, 1.82) is 0 Å². The largest absolute Gasteiger partial charge is 0.444 e. The summed E-state index contributed by atoms with van der Waals surface area (Å²) in [7, 11) is 0. The van der Waals surface area contributed by atoms with Gasteiger partial charge in [-0.2, -0.15) is 0 Å². The summed E-state index contributed by atoms with van der Waals surface area (Å²) >= 11 is 0. The molecule has 1 atom stereocenters. The molecular formula is C18H27N5O3. The van der Waals surface area contributed by atoms with E-state index in [0.717, 1.165) is 31.9 Å². The van der Waals surface area contributed by atoms with Gasteiger partial charge in [-0.05, 0) is 26.0 Å². The topological polar surface area (TPSA) is 92.0 Å². The molecule has 8 nitrogen and oxygen atoms in total. The number of ether oxygens (including phenoxy) is 1. The Bertz CT molecular complexity index is 641. The first kappa shape index (κ1) is 18.4. The van der Waals surface area contributed by atoms with Crippen LogP contribution in [0.2, 0.25) is 0 Å². The Hall–Kier alpha value is -2.35. The molecule has 2 N–H and O–H groups in total. The van der Waals surface area contributed by atoms with E-state index < -0.39 is 5.91 Å². The predicted octanol–water partition coefficient (Wildman–Crippen LogP) is 0.922. The van der Waals surface area contributed by atoms with Gasteiger partial charge in [0.05, 0.1) is 12.1 Å². The fraction of sp³-hybridized carbons (Fsp3) is 0.611. The van der Waals surface area contributed by atoms with Crippen molar-refractivity contribution >= 4 is 17.8 Å². The highest BCUT2D eigenvalue weighted by molar-refractivity contribution is 5.92. The summed E-state index contributed by atoms with van der Waals surface area (Å²) in [5.41, 5.74) is 5.62. The number of nitrogens with two attached hydrogens (primary N) is 1. The molecule has 2 aliphatic rings. The van der Waals surface area contributed by atoms with E-state index in [9.17, 15) is 9.59 Å². The van der Waals surface area contributed by atoms with Crippen LogP contribution < -0.4 is 10.6 Å². The highest BCUT2D eigenvalue weighted by Gasteiger charge is 2.30. The molecule has 1 aromatic rings. The average Bonchev–Trinajstić information content (AvgIpc) is 3.10. The van der Waals surface area contributed by atoms with E-state index in [2.05, 4.69) is 28.6 Å². The fourth-order valence-electron chi connectivity index (χ4n) is 3.39. The Morgan fingerprint density at radius 2 is 1.92 bits per heavy atom. The standard InChI is InChI=1S/C18H27N5O3/c1-13(2)21-7-9-22(10-8-21)18(25)26-15-5-6-23(12-15)16-4-3-14(11-20-16)17(19)24/h3-4,11,13,15H,5-10,12H2,1-2H3,(H2,19,24)/t15-/m0/s1. The van der Waals surface area contributed by atoms with Crippen LogP contribution in [0.3, 0.4) is 0 Å². The minimum atomic E-state index is -0.491. The van der Waals surface area contributed by atoms with Crippen LogP contribution in [-0.2, 0) is 4.74 Å². The van der Waals surface area contributed by atoms with Crippen LogP contribution >= 0.6 is 0 Å². The maximum atomic E-state index is 12.4. The van der Waals surface area contributed by atoms with Gasteiger partial charge < -0.3 is 20.3 Å². The summed E-state index contributed by atoms with van der Waals surface area (Å²) in [4.78, 5) is 34.0. The van der Waals surface area contributed by atoms with Crippen molar-refractivity contribution in [1.82, 2.24) is 14.8 Å². The zero-order valence-electron chi connectivity index (χ0n) is 15.4.